The van der Waals surface area contributed by atoms with E-state index in [4.69, 9.17) is 14.2 Å². The second-order valence-corrected chi connectivity index (χ2v) is 16.7. The second kappa shape index (κ2) is 11.5. The Morgan fingerprint density at radius 3 is 1.92 bits per heavy atom. The van der Waals surface area contributed by atoms with E-state index in [1.165, 1.54) is 23.7 Å². The summed E-state index contributed by atoms with van der Waals surface area (Å²) in [7, 11) is 4.76. The highest BCUT2D eigenvalue weighted by Gasteiger charge is 2.56. The van der Waals surface area contributed by atoms with Crippen molar-refractivity contribution >= 4 is 28.2 Å². The van der Waals surface area contributed by atoms with Gasteiger partial charge >= 0.3 is 6.17 Å². The molecule has 0 bridgehead atoms. The summed E-state index contributed by atoms with van der Waals surface area (Å²) in [5.74, 6) is 2.18. The summed E-state index contributed by atoms with van der Waals surface area (Å²) in [6.45, 7) is 9.57. The number of fused-ring (bicyclic) bond motifs is 11. The van der Waals surface area contributed by atoms with Crippen molar-refractivity contribution in [2.75, 3.05) is 31.5 Å². The Morgan fingerprint density at radius 1 is 0.755 bits per heavy atom. The van der Waals surface area contributed by atoms with E-state index in [2.05, 4.69) is 69.4 Å². The van der Waals surface area contributed by atoms with Gasteiger partial charge in [-0.15, -0.1) is 0 Å². The van der Waals surface area contributed by atoms with Crippen LogP contribution in [0.1, 0.15) is 82.2 Å². The molecule has 2 heterocycles. The van der Waals surface area contributed by atoms with E-state index < -0.39 is 11.8 Å². The lowest BCUT2D eigenvalue weighted by Crippen LogP contribution is -2.44. The average molecular weight is 715 g/mol. The van der Waals surface area contributed by atoms with Crippen LogP contribution >= 0.6 is 0 Å². The molecule has 9 rings (SSSR count). The fourth-order valence-corrected chi connectivity index (χ4v) is 10.6. The van der Waals surface area contributed by atoms with E-state index in [0.717, 1.165) is 68.7 Å². The number of nitrogens with zero attached hydrogens (tertiary/aromatic N) is 1. The van der Waals surface area contributed by atoms with Crippen molar-refractivity contribution in [2.45, 2.75) is 71.6 Å². The molecule has 1 fully saturated rings. The molecule has 53 heavy (non-hydrogen) atoms. The van der Waals surface area contributed by atoms with E-state index in [-0.39, 0.29) is 23.7 Å². The molecule has 1 saturated carbocycles. The van der Waals surface area contributed by atoms with Gasteiger partial charge in [-0.25, -0.2) is 0 Å². The molecule has 1 N–H and O–H groups in total. The molecule has 0 aromatic heterocycles. The zero-order valence-corrected chi connectivity index (χ0v) is 30.8. The predicted molar refractivity (Wildman–Crippen MR) is 212 cm³/mol. The van der Waals surface area contributed by atoms with Crippen LogP contribution in [-0.2, 0) is 11.0 Å². The topological polar surface area (TPSA) is 43.0 Å². The molecular weight excluding hydrogens is 667 g/mol. The monoisotopic (exact) mass is 714 g/mol. The number of methoxy groups -OCH3 is 2. The Labute approximate surface area is 311 Å². The van der Waals surface area contributed by atoms with Gasteiger partial charge < -0.3 is 19.5 Å². The number of alkyl halides is 2. The number of benzene rings is 5. The Morgan fingerprint density at radius 2 is 1.34 bits per heavy atom. The second-order valence-electron chi connectivity index (χ2n) is 16.7. The van der Waals surface area contributed by atoms with E-state index >= 15 is 8.78 Å². The number of hydrogen-bond acceptors (Lipinski definition) is 5. The lowest BCUT2D eigenvalue weighted by molar-refractivity contribution is 0.0407. The van der Waals surface area contributed by atoms with Gasteiger partial charge in [-0.2, -0.15) is 8.78 Å². The number of ether oxygens (including phenoxy) is 3. The van der Waals surface area contributed by atoms with Crippen LogP contribution in [0.4, 0.5) is 20.2 Å². The summed E-state index contributed by atoms with van der Waals surface area (Å²) in [5.41, 5.74) is 7.30. The average Bonchev–Trinajstić information content (AvgIpc) is 3.51. The largest absolute Gasteiger partial charge is 0.497 e. The number of nitrogens with one attached hydrogen (secondary N) is 1. The van der Waals surface area contributed by atoms with Crippen LogP contribution in [0, 0.1) is 10.8 Å². The highest BCUT2D eigenvalue weighted by atomic mass is 19.3. The fourth-order valence-electron chi connectivity index (χ4n) is 10.6. The Balaban J connectivity index is 0.00000400. The van der Waals surface area contributed by atoms with Crippen molar-refractivity contribution in [3.05, 3.63) is 119 Å². The van der Waals surface area contributed by atoms with Crippen LogP contribution in [0.3, 0.4) is 0 Å². The SMILES string of the molecule is C.COc1ccc(C2(c3ccc(OC)cc3)C=Cc3c4c(c5cc6c(cc5c3O2)NC(F)(F)N6C)-c2ccccc2C42CC(C)(C)CC(C)(C)C2)cc1. The van der Waals surface area contributed by atoms with E-state index in [1.807, 2.05) is 60.7 Å². The van der Waals surface area contributed by atoms with Crippen LogP contribution in [-0.4, -0.2) is 27.4 Å². The zero-order chi connectivity index (χ0) is 36.4. The smallest absolute Gasteiger partial charge is 0.411 e. The van der Waals surface area contributed by atoms with Crippen molar-refractivity contribution in [2.24, 2.45) is 10.8 Å². The number of halogens is 2. The lowest BCUT2D eigenvalue weighted by Gasteiger charge is -2.52. The van der Waals surface area contributed by atoms with Crippen LogP contribution in [0.25, 0.3) is 28.0 Å². The van der Waals surface area contributed by atoms with Gasteiger partial charge in [0.25, 0.3) is 0 Å². The van der Waals surface area contributed by atoms with Gasteiger partial charge in [0.15, 0.2) is 5.60 Å². The third kappa shape index (κ3) is 4.99. The zero-order valence-electron chi connectivity index (χ0n) is 30.8. The minimum atomic E-state index is -3.23. The van der Waals surface area contributed by atoms with Crippen molar-refractivity contribution in [1.82, 2.24) is 0 Å². The first-order chi connectivity index (χ1) is 24.7. The summed E-state index contributed by atoms with van der Waals surface area (Å²) in [5, 5.41) is 4.20. The fraction of sp³-hybridized carbons (Fsp3) is 0.348. The van der Waals surface area contributed by atoms with Crippen LogP contribution in [0.2, 0.25) is 0 Å². The summed E-state index contributed by atoms with van der Waals surface area (Å²) in [6, 6.07) is 28.5. The molecule has 5 nitrogen and oxygen atoms in total. The molecule has 5 aromatic carbocycles. The normalized spacial score (nSPS) is 20.0. The van der Waals surface area contributed by atoms with E-state index in [0.29, 0.717) is 17.1 Å². The predicted octanol–water partition coefficient (Wildman–Crippen LogP) is 11.8. The highest BCUT2D eigenvalue weighted by Crippen LogP contribution is 2.67. The first kappa shape index (κ1) is 35.0. The number of anilines is 2. The number of hydrogen-bond donors (Lipinski definition) is 1. The minimum absolute atomic E-state index is 0. The minimum Gasteiger partial charge on any atom is -0.497 e. The van der Waals surface area contributed by atoms with Gasteiger partial charge in [0, 0.05) is 34.5 Å². The van der Waals surface area contributed by atoms with Gasteiger partial charge in [-0.1, -0.05) is 89.7 Å². The molecule has 0 atom stereocenters. The molecule has 0 saturated heterocycles. The molecular formula is C46H48F2N2O3. The Hall–Kier alpha value is -5.04. The van der Waals surface area contributed by atoms with Gasteiger partial charge in [0.05, 0.1) is 25.6 Å². The maximum atomic E-state index is 15.3. The molecule has 0 amide bonds. The maximum Gasteiger partial charge on any atom is 0.411 e. The molecule has 5 aromatic rings. The molecule has 2 aliphatic heterocycles. The third-order valence-electron chi connectivity index (χ3n) is 12.0. The first-order valence-electron chi connectivity index (χ1n) is 18.1. The van der Waals surface area contributed by atoms with Crippen LogP contribution in [0.5, 0.6) is 17.2 Å². The highest BCUT2D eigenvalue weighted by molar-refractivity contribution is 6.11. The third-order valence-corrected chi connectivity index (χ3v) is 12.0. The van der Waals surface area contributed by atoms with E-state index in [1.54, 1.807) is 14.2 Å². The van der Waals surface area contributed by atoms with Gasteiger partial charge in [0.2, 0.25) is 0 Å². The molecule has 7 heteroatoms. The van der Waals surface area contributed by atoms with Gasteiger partial charge in [0.1, 0.15) is 17.2 Å². The van der Waals surface area contributed by atoms with E-state index in [9.17, 15) is 0 Å². The van der Waals surface area contributed by atoms with Gasteiger partial charge in [-0.3, -0.25) is 4.90 Å². The van der Waals surface area contributed by atoms with Crippen LogP contribution in [0.15, 0.2) is 91.0 Å². The van der Waals surface area contributed by atoms with Crippen molar-refractivity contribution in [3.63, 3.8) is 0 Å². The summed E-state index contributed by atoms with van der Waals surface area (Å²) in [4.78, 5) is 1.04. The number of rotatable bonds is 4. The molecule has 0 unspecified atom stereocenters. The quantitative estimate of drug-likeness (QED) is 0.188. The van der Waals surface area contributed by atoms with Crippen molar-refractivity contribution < 1.29 is 23.0 Å². The standard InChI is InChI=1S/C45H44F2N2O3.CH4/c1-41(2)24-42(3,4)26-43(25-41)35-11-9-8-10-31(35)38-33-23-37-36(48-45(46,47)49(37)5)22-34(33)40-32(39(38)43)20-21-44(52-40,27-12-16-29(50-6)17-13-27)28-14-18-30(51-7)19-15-28;/h8-23,48H,24-26H2,1-7H3;1H4. The Bertz CT molecular complexity index is 2240. The summed E-state index contributed by atoms with van der Waals surface area (Å²) < 4.78 is 49.3. The maximum absolute atomic E-state index is 15.3. The molecule has 0 radical (unpaired) electrons. The molecule has 274 valence electrons. The van der Waals surface area contributed by atoms with Crippen LogP contribution < -0.4 is 24.4 Å². The Kier molecular flexibility index (Phi) is 7.58. The molecule has 4 aliphatic rings. The van der Waals surface area contributed by atoms with Crippen molar-refractivity contribution in [1.29, 1.82) is 0 Å². The van der Waals surface area contributed by atoms with Crippen molar-refractivity contribution in [3.8, 4) is 28.4 Å². The summed E-state index contributed by atoms with van der Waals surface area (Å²) >= 11 is 0. The summed E-state index contributed by atoms with van der Waals surface area (Å²) in [6.07, 6.45) is 4.23. The van der Waals surface area contributed by atoms with Gasteiger partial charge in [-0.05, 0) is 100 Å². The lowest BCUT2D eigenvalue weighted by atomic mass is 9.52. The molecule has 2 aliphatic carbocycles. The molecule has 1 spiro atoms. The first-order valence-corrected chi connectivity index (χ1v) is 18.1.